The van der Waals surface area contributed by atoms with E-state index < -0.39 is 11.4 Å². The summed E-state index contributed by atoms with van der Waals surface area (Å²) in [6.07, 6.45) is 0. The molecule has 0 N–H and O–H groups in total. The van der Waals surface area contributed by atoms with Crippen molar-refractivity contribution >= 4 is 69.3 Å². The summed E-state index contributed by atoms with van der Waals surface area (Å²) in [7, 11) is 5.82. The van der Waals surface area contributed by atoms with Gasteiger partial charge in [0.2, 0.25) is 0 Å². The summed E-state index contributed by atoms with van der Waals surface area (Å²) >= 11 is 21.9. The molecule has 20 heavy (non-hydrogen) atoms. The molecule has 0 aliphatic rings. The van der Waals surface area contributed by atoms with Gasteiger partial charge in [-0.05, 0) is 0 Å². The van der Waals surface area contributed by atoms with E-state index >= 15 is 0 Å². The van der Waals surface area contributed by atoms with Gasteiger partial charge in [-0.2, -0.15) is 0 Å². The molecule has 128 valence electrons. The van der Waals surface area contributed by atoms with Crippen LogP contribution >= 0.6 is 11.4 Å². The van der Waals surface area contributed by atoms with Gasteiger partial charge < -0.3 is 57.4 Å². The first-order chi connectivity index (χ1) is 8.24. The van der Waals surface area contributed by atoms with E-state index in [2.05, 4.69) is 76.0 Å². The fourth-order valence-electron chi connectivity index (χ4n) is 0.149. The summed E-state index contributed by atoms with van der Waals surface area (Å²) in [6.45, 7) is 0. The van der Waals surface area contributed by atoms with Gasteiger partial charge >= 0.3 is 48.5 Å². The third-order valence-corrected chi connectivity index (χ3v) is 6.26. The average Bonchev–Trinajstić information content (AvgIpc) is 2.44. The molecule has 0 saturated carbocycles. The molecular formula is C8H22Mo2O4P2S4-4. The Morgan fingerprint density at radius 1 is 0.700 bits per heavy atom. The predicted molar refractivity (Wildman–Crippen MR) is 98.4 cm³/mol. The quantitative estimate of drug-likeness (QED) is 0.224. The van der Waals surface area contributed by atoms with Crippen LogP contribution < -0.4 is 0 Å². The molecule has 0 fully saturated rings. The van der Waals surface area contributed by atoms with Gasteiger partial charge in [0.15, 0.2) is 0 Å². The standard InChI is InChI=1S/2C2H7O2PS2.2CH3.2CH2.2Mo/c2*1-3-5(6,7)4-2;;;;;;/h2*1-2H3,(H,6,7);2*1H3;2*1H2;;/q;;2*-1;;;;/p-2. The first-order valence-electron chi connectivity index (χ1n) is 3.67. The molecule has 0 aliphatic heterocycles. The first-order valence-corrected chi connectivity index (χ1v) is 13.8. The van der Waals surface area contributed by atoms with E-state index in [9.17, 15) is 0 Å². The molecule has 0 aliphatic carbocycles. The summed E-state index contributed by atoms with van der Waals surface area (Å²) in [4.78, 5) is 6.52. The van der Waals surface area contributed by atoms with E-state index in [0.717, 1.165) is 0 Å². The van der Waals surface area contributed by atoms with Crippen LogP contribution in [0.4, 0.5) is 0 Å². The third-order valence-electron chi connectivity index (χ3n) is 0.894. The second-order valence-electron chi connectivity index (χ2n) is 1.62. The smallest absolute Gasteiger partial charge is 0.358 e. The van der Waals surface area contributed by atoms with Crippen molar-refractivity contribution in [3.8, 4) is 0 Å². The fraction of sp³-hybridized carbons (Fsp3) is 0.500. The van der Waals surface area contributed by atoms with Gasteiger partial charge in [0, 0.05) is 28.4 Å². The molecule has 0 atom stereocenters. The summed E-state index contributed by atoms with van der Waals surface area (Å²) in [6, 6.07) is 0. The van der Waals surface area contributed by atoms with Crippen molar-refractivity contribution in [1.82, 2.24) is 0 Å². The van der Waals surface area contributed by atoms with Crippen molar-refractivity contribution in [3.63, 3.8) is 0 Å². The van der Waals surface area contributed by atoms with Crippen LogP contribution in [0.1, 0.15) is 0 Å². The molecule has 0 heterocycles. The van der Waals surface area contributed by atoms with Crippen LogP contribution in [0.15, 0.2) is 0 Å². The van der Waals surface area contributed by atoms with Crippen molar-refractivity contribution < 1.29 is 56.8 Å². The largest absolute Gasteiger partial charge is 0.358 e. The molecule has 0 rings (SSSR count). The third kappa shape index (κ3) is 37.3. The van der Waals surface area contributed by atoms with Crippen LogP contribution in [0.2, 0.25) is 0 Å². The molecule has 0 amide bonds. The van der Waals surface area contributed by atoms with Crippen LogP contribution in [-0.4, -0.2) is 38.2 Å². The minimum absolute atomic E-state index is 0. The Kier molecular flexibility index (Phi) is 51.6. The van der Waals surface area contributed by atoms with E-state index in [0.29, 0.717) is 0 Å². The van der Waals surface area contributed by atoms with E-state index in [-0.39, 0.29) is 14.9 Å². The van der Waals surface area contributed by atoms with Crippen LogP contribution in [-0.2, 0) is 105 Å². The van der Waals surface area contributed by atoms with Gasteiger partial charge in [0.1, 0.15) is 0 Å². The minimum atomic E-state index is -2.24. The van der Waals surface area contributed by atoms with Gasteiger partial charge in [0.25, 0.3) is 0 Å². The molecule has 0 aromatic heterocycles. The number of hydrogen-bond donors (Lipinski definition) is 0. The van der Waals surface area contributed by atoms with Crippen LogP contribution in [0.5, 0.6) is 0 Å². The molecule has 0 bridgehead atoms. The molecule has 0 radical (unpaired) electrons. The van der Waals surface area contributed by atoms with E-state index in [1.807, 2.05) is 0 Å². The maximum Gasteiger partial charge on any atom is -0.358 e. The maximum absolute atomic E-state index is 4.63. The van der Waals surface area contributed by atoms with Crippen molar-refractivity contribution in [1.29, 1.82) is 0 Å². The second-order valence-corrected chi connectivity index (χ2v) is 12.0. The minimum Gasteiger partial charge on any atom is -0.358 e. The Morgan fingerprint density at radius 3 is 0.800 bits per heavy atom. The van der Waals surface area contributed by atoms with Gasteiger partial charge in [-0.15, -0.1) is 0 Å². The summed E-state index contributed by atoms with van der Waals surface area (Å²) in [5.41, 5.74) is -4.48. The van der Waals surface area contributed by atoms with E-state index in [1.54, 1.807) is 38.7 Å². The Labute approximate surface area is 167 Å². The van der Waals surface area contributed by atoms with E-state index in [1.165, 1.54) is 28.4 Å². The number of rotatable bonds is 4. The molecule has 0 unspecified atom stereocenters. The van der Waals surface area contributed by atoms with E-state index in [4.69, 9.17) is 0 Å². The zero-order valence-electron chi connectivity index (χ0n) is 12.4. The topological polar surface area (TPSA) is 36.9 Å². The normalized spacial score (nSPS) is 8.70. The SMILES string of the molecule is COP(=S)([S-])OC.COP(=S)([S-])OC.[CH2]=[Mo].[CH2]=[Mo].[CH3-].[CH3-]. The molecule has 0 saturated heterocycles. The van der Waals surface area contributed by atoms with Gasteiger partial charge in [-0.1, -0.05) is 23.6 Å². The molecule has 0 spiro atoms. The van der Waals surface area contributed by atoms with Crippen molar-refractivity contribution in [2.24, 2.45) is 0 Å². The van der Waals surface area contributed by atoms with Crippen molar-refractivity contribution in [2.45, 2.75) is 0 Å². The molecule has 12 heteroatoms. The van der Waals surface area contributed by atoms with Gasteiger partial charge in [0.05, 0.1) is 11.4 Å². The Balaban J connectivity index is -0.0000000362. The fourth-order valence-corrected chi connectivity index (χ4v) is 0.447. The van der Waals surface area contributed by atoms with Crippen molar-refractivity contribution in [3.05, 3.63) is 14.9 Å². The zero-order chi connectivity index (χ0) is 15.8. The number of hydrogen-bond acceptors (Lipinski definition) is 8. The Morgan fingerprint density at radius 2 is 0.800 bits per heavy atom. The summed E-state index contributed by atoms with van der Waals surface area (Å²) in [5.74, 6) is 0. The molecule has 4 nitrogen and oxygen atoms in total. The summed E-state index contributed by atoms with van der Waals surface area (Å²) < 4.78 is 18.4. The first kappa shape index (κ1) is 38.5. The molecular weight excluding hydrogens is 542 g/mol. The maximum atomic E-state index is 4.63. The zero-order valence-corrected chi connectivity index (χ0v) is 21.5. The van der Waals surface area contributed by atoms with Crippen molar-refractivity contribution in [2.75, 3.05) is 28.4 Å². The average molecular weight is 564 g/mol. The van der Waals surface area contributed by atoms with Crippen LogP contribution in [0, 0.1) is 14.9 Å². The van der Waals surface area contributed by atoms with Crippen LogP contribution in [0.3, 0.4) is 0 Å². The second kappa shape index (κ2) is 26.8. The van der Waals surface area contributed by atoms with Gasteiger partial charge in [-0.25, -0.2) is 0 Å². The van der Waals surface area contributed by atoms with Gasteiger partial charge in [-0.3, -0.25) is 0 Å². The Hall–Kier alpha value is 2.96. The molecule has 0 aromatic rings. The molecule has 0 aromatic carbocycles. The van der Waals surface area contributed by atoms with Crippen LogP contribution in [0.25, 0.3) is 0 Å². The summed E-state index contributed by atoms with van der Waals surface area (Å²) in [5, 5.41) is 0. The predicted octanol–water partition coefficient (Wildman–Crippen LogP) is 2.93. The monoisotopic (exact) mass is 568 g/mol. The Bertz CT molecular complexity index is 233.